The van der Waals surface area contributed by atoms with Gasteiger partial charge in [-0.15, -0.1) is 0 Å². The number of halogens is 4. The molecule has 2 N–H and O–H groups in total. The summed E-state index contributed by atoms with van der Waals surface area (Å²) in [7, 11) is 0. The average Bonchev–Trinajstić information content (AvgIpc) is 2.26. The predicted octanol–water partition coefficient (Wildman–Crippen LogP) is 1.73. The third-order valence-electron chi connectivity index (χ3n) is 1.35. The summed E-state index contributed by atoms with van der Waals surface area (Å²) in [6, 6.07) is 2.81. The third kappa shape index (κ3) is 6.04. The van der Waals surface area contributed by atoms with Crippen molar-refractivity contribution < 1.29 is 32.0 Å². The Labute approximate surface area is 109 Å². The van der Waals surface area contributed by atoms with Crippen molar-refractivity contribution in [2.24, 2.45) is 0 Å². The highest BCUT2D eigenvalue weighted by Crippen LogP contribution is 2.13. The van der Waals surface area contributed by atoms with Crippen molar-refractivity contribution in [2.45, 2.75) is 6.18 Å². The van der Waals surface area contributed by atoms with Gasteiger partial charge >= 0.3 is 12.1 Å². The summed E-state index contributed by atoms with van der Waals surface area (Å²) in [5.74, 6) is -3.46. The van der Waals surface area contributed by atoms with Crippen molar-refractivity contribution in [1.29, 1.82) is 0 Å². The van der Waals surface area contributed by atoms with E-state index in [0.29, 0.717) is 0 Å². The van der Waals surface area contributed by atoms with Crippen LogP contribution in [0.4, 0.5) is 13.2 Å². The number of nitrogens with one attached hydrogen (secondary N) is 1. The number of aromatic nitrogens is 1. The second kappa shape index (κ2) is 6.80. The zero-order valence-corrected chi connectivity index (χ0v) is 9.21. The van der Waals surface area contributed by atoms with E-state index in [9.17, 15) is 18.0 Å². The van der Waals surface area contributed by atoms with Gasteiger partial charge in [-0.2, -0.15) is 13.2 Å². The van der Waals surface area contributed by atoms with Crippen LogP contribution in [0.3, 0.4) is 0 Å². The Balaban J connectivity index is 0.000000486. The first-order chi connectivity index (χ1) is 9.33. The fraction of sp³-hybridized carbons (Fsp3) is 0.222. The van der Waals surface area contributed by atoms with E-state index in [1.807, 2.05) is 5.32 Å². The molecule has 100 valence electrons. The van der Waals surface area contributed by atoms with Crippen molar-refractivity contribution >= 4 is 23.5 Å². The standard InChI is InChI=1S/C7H7ClN2O.C2HF3O2/c1-9-7(11)5-2-3-6(8)10-4-5;3-2(4,5)1(6)7/h2-4H,1H3,(H,9,11);(H,6,7)/i1D3;. The molecule has 0 atom stereocenters. The summed E-state index contributed by atoms with van der Waals surface area (Å²) in [6.07, 6.45) is -3.87. The quantitative estimate of drug-likeness (QED) is 0.771. The molecule has 1 heterocycles. The summed E-state index contributed by atoms with van der Waals surface area (Å²) in [6.45, 7) is -2.49. The zero-order valence-electron chi connectivity index (χ0n) is 11.5. The molecule has 0 saturated heterocycles. The Kier molecular flexibility index (Phi) is 4.26. The van der Waals surface area contributed by atoms with Gasteiger partial charge < -0.3 is 10.4 Å². The van der Waals surface area contributed by atoms with E-state index in [-0.39, 0.29) is 10.7 Å². The molecule has 0 bridgehead atoms. The van der Waals surface area contributed by atoms with Gasteiger partial charge in [0.05, 0.1) is 5.56 Å². The summed E-state index contributed by atoms with van der Waals surface area (Å²) in [5, 5.41) is 9.20. The van der Waals surface area contributed by atoms with Crippen LogP contribution in [-0.4, -0.2) is 35.1 Å². The number of carboxylic acid groups (broad SMARTS) is 1. The number of carbonyl (C=O) groups excluding carboxylic acids is 1. The minimum absolute atomic E-state index is 0.158. The smallest absolute Gasteiger partial charge is 0.475 e. The number of amides is 1. The van der Waals surface area contributed by atoms with Crippen LogP contribution < -0.4 is 5.32 Å². The average molecular weight is 288 g/mol. The van der Waals surface area contributed by atoms with E-state index in [1.54, 1.807) is 0 Å². The minimum atomic E-state index is -5.08. The SMILES string of the molecule is O=C(O)C(F)(F)F.[2H]C([2H])([2H])NC(=O)c1ccc(Cl)nc1. The van der Waals surface area contributed by atoms with Crippen LogP contribution in [0.15, 0.2) is 18.3 Å². The highest BCUT2D eigenvalue weighted by atomic mass is 35.5. The molecule has 0 aromatic carbocycles. The van der Waals surface area contributed by atoms with Gasteiger partial charge in [0, 0.05) is 17.3 Å². The summed E-state index contributed by atoms with van der Waals surface area (Å²) < 4.78 is 52.2. The van der Waals surface area contributed by atoms with Crippen LogP contribution in [0.1, 0.15) is 14.5 Å². The number of carboxylic acids is 1. The fourth-order valence-corrected chi connectivity index (χ4v) is 0.694. The molecule has 1 rings (SSSR count). The third-order valence-corrected chi connectivity index (χ3v) is 1.57. The molecule has 0 radical (unpaired) electrons. The van der Waals surface area contributed by atoms with Gasteiger partial charge in [-0.1, -0.05) is 11.6 Å². The molecule has 0 saturated carbocycles. The Bertz CT molecular complexity index is 506. The molecule has 9 heteroatoms. The van der Waals surface area contributed by atoms with Crippen molar-refractivity contribution in [2.75, 3.05) is 6.98 Å². The molecule has 0 aliphatic rings. The molecule has 0 fully saturated rings. The topological polar surface area (TPSA) is 79.3 Å². The lowest BCUT2D eigenvalue weighted by molar-refractivity contribution is -0.192. The lowest BCUT2D eigenvalue weighted by atomic mass is 10.3. The molecule has 0 unspecified atom stereocenters. The summed E-state index contributed by atoms with van der Waals surface area (Å²) in [4.78, 5) is 23.8. The van der Waals surface area contributed by atoms with Crippen molar-refractivity contribution in [3.63, 3.8) is 0 Å². The lowest BCUT2D eigenvalue weighted by Gasteiger charge is -1.96. The molecule has 0 aliphatic carbocycles. The first-order valence-corrected chi connectivity index (χ1v) is 4.45. The van der Waals surface area contributed by atoms with Crippen molar-refractivity contribution in [3.8, 4) is 0 Å². The maximum absolute atomic E-state index is 11.2. The molecule has 5 nitrogen and oxygen atoms in total. The number of hydrogen-bond donors (Lipinski definition) is 2. The Morgan fingerprint density at radius 1 is 1.50 bits per heavy atom. The highest BCUT2D eigenvalue weighted by molar-refractivity contribution is 6.29. The number of nitrogens with zero attached hydrogens (tertiary/aromatic N) is 1. The van der Waals surface area contributed by atoms with E-state index in [0.717, 1.165) is 0 Å². The predicted molar refractivity (Wildman–Crippen MR) is 56.3 cm³/mol. The number of rotatable bonds is 1. The van der Waals surface area contributed by atoms with Gasteiger partial charge in [0.2, 0.25) is 0 Å². The maximum atomic E-state index is 11.2. The van der Waals surface area contributed by atoms with Gasteiger partial charge in [0.25, 0.3) is 5.91 Å². The van der Waals surface area contributed by atoms with E-state index in [1.165, 1.54) is 18.3 Å². The molecule has 0 spiro atoms. The molecule has 0 aliphatic heterocycles. The van der Waals surface area contributed by atoms with Crippen molar-refractivity contribution in [1.82, 2.24) is 10.3 Å². The normalized spacial score (nSPS) is 13.2. The highest BCUT2D eigenvalue weighted by Gasteiger charge is 2.38. The summed E-state index contributed by atoms with van der Waals surface area (Å²) in [5.41, 5.74) is 0.158. The van der Waals surface area contributed by atoms with Crippen LogP contribution in [0.5, 0.6) is 0 Å². The molecule has 18 heavy (non-hydrogen) atoms. The molecule has 1 amide bonds. The molecule has 1 aromatic rings. The maximum Gasteiger partial charge on any atom is 0.490 e. The number of aliphatic carboxylic acids is 1. The van der Waals surface area contributed by atoms with Gasteiger partial charge in [0.15, 0.2) is 0 Å². The first-order valence-electron chi connectivity index (χ1n) is 5.57. The zero-order chi connectivity index (χ0) is 16.8. The van der Waals surface area contributed by atoms with Crippen molar-refractivity contribution in [3.05, 3.63) is 29.0 Å². The molecular formula is C9H8ClF3N2O3. The number of carbonyl (C=O) groups is 2. The van der Waals surface area contributed by atoms with Crippen LogP contribution >= 0.6 is 11.6 Å². The van der Waals surface area contributed by atoms with E-state index in [4.69, 9.17) is 25.6 Å². The van der Waals surface area contributed by atoms with Crippen LogP contribution in [0.25, 0.3) is 0 Å². The number of hydrogen-bond acceptors (Lipinski definition) is 3. The van der Waals surface area contributed by atoms with Crippen LogP contribution in [0, 0.1) is 0 Å². The van der Waals surface area contributed by atoms with Gasteiger partial charge in [-0.25, -0.2) is 9.78 Å². The first kappa shape index (κ1) is 11.3. The number of alkyl halides is 3. The minimum Gasteiger partial charge on any atom is -0.475 e. The van der Waals surface area contributed by atoms with Gasteiger partial charge in [0.1, 0.15) is 5.15 Å². The Morgan fingerprint density at radius 3 is 2.39 bits per heavy atom. The number of pyridine rings is 1. The fourth-order valence-electron chi connectivity index (χ4n) is 0.582. The largest absolute Gasteiger partial charge is 0.490 e. The monoisotopic (exact) mass is 287 g/mol. The van der Waals surface area contributed by atoms with E-state index in [2.05, 4.69) is 4.98 Å². The summed E-state index contributed by atoms with van der Waals surface area (Å²) >= 11 is 5.50. The molecule has 1 aromatic heterocycles. The molecular weight excluding hydrogens is 277 g/mol. The van der Waals surface area contributed by atoms with Gasteiger partial charge in [-0.3, -0.25) is 4.79 Å². The Hall–Kier alpha value is -1.83. The van der Waals surface area contributed by atoms with Crippen LogP contribution in [0.2, 0.25) is 5.15 Å². The van der Waals surface area contributed by atoms with E-state index < -0.39 is 25.0 Å². The second-order valence-electron chi connectivity index (χ2n) is 2.63. The lowest BCUT2D eigenvalue weighted by Crippen LogP contribution is -2.21. The second-order valence-corrected chi connectivity index (χ2v) is 3.01. The Morgan fingerprint density at radius 2 is 2.06 bits per heavy atom. The van der Waals surface area contributed by atoms with Crippen LogP contribution in [-0.2, 0) is 4.79 Å². The van der Waals surface area contributed by atoms with E-state index >= 15 is 0 Å². The van der Waals surface area contributed by atoms with Gasteiger partial charge in [-0.05, 0) is 12.1 Å².